The van der Waals surface area contributed by atoms with Crippen molar-refractivity contribution in [2.45, 2.75) is 32.1 Å². The summed E-state index contributed by atoms with van der Waals surface area (Å²) in [5.74, 6) is 1.93. The molecule has 124 valence electrons. The maximum atomic E-state index is 11.6. The predicted molar refractivity (Wildman–Crippen MR) is 94.2 cm³/mol. The van der Waals surface area contributed by atoms with Gasteiger partial charge in [-0.2, -0.15) is 4.98 Å². The second-order valence-electron chi connectivity index (χ2n) is 6.81. The van der Waals surface area contributed by atoms with Gasteiger partial charge < -0.3 is 9.84 Å². The predicted octanol–water partition coefficient (Wildman–Crippen LogP) is 4.08. The van der Waals surface area contributed by atoms with Crippen molar-refractivity contribution in [3.05, 3.63) is 53.3 Å². The van der Waals surface area contributed by atoms with Crippen LogP contribution in [0.5, 0.6) is 0 Å². The number of amides is 1. The standard InChI is InChI=1S/C20H17N3O2/c1-11-15(13-7-8-17-14(9-13)10-18(24)21-17)3-2-4-16(11)20-22-19(23-25-20)12-5-6-12/h2-4,7-9,12H,5-6,10H2,1H3,(H,21,24). The Morgan fingerprint density at radius 2 is 2.00 bits per heavy atom. The maximum Gasteiger partial charge on any atom is 0.258 e. The van der Waals surface area contributed by atoms with E-state index in [4.69, 9.17) is 4.52 Å². The Bertz CT molecular complexity index is 1000. The number of anilines is 1. The van der Waals surface area contributed by atoms with Crippen molar-refractivity contribution in [3.8, 4) is 22.6 Å². The smallest absolute Gasteiger partial charge is 0.258 e. The second-order valence-corrected chi connectivity index (χ2v) is 6.81. The summed E-state index contributed by atoms with van der Waals surface area (Å²) < 4.78 is 5.50. The minimum atomic E-state index is 0.0519. The molecule has 5 rings (SSSR count). The molecule has 1 aromatic heterocycles. The van der Waals surface area contributed by atoms with Crippen LogP contribution in [0, 0.1) is 6.92 Å². The van der Waals surface area contributed by atoms with E-state index in [0.717, 1.165) is 52.2 Å². The molecule has 0 radical (unpaired) electrons. The fraction of sp³-hybridized carbons (Fsp3) is 0.250. The van der Waals surface area contributed by atoms with Gasteiger partial charge in [-0.15, -0.1) is 0 Å². The first-order valence-electron chi connectivity index (χ1n) is 8.56. The quantitative estimate of drug-likeness (QED) is 0.785. The number of aromatic nitrogens is 2. The van der Waals surface area contributed by atoms with Crippen LogP contribution in [-0.4, -0.2) is 16.0 Å². The third-order valence-corrected chi connectivity index (χ3v) is 4.99. The lowest BCUT2D eigenvalue weighted by molar-refractivity contribution is -0.115. The minimum absolute atomic E-state index is 0.0519. The zero-order valence-electron chi connectivity index (χ0n) is 13.9. The second kappa shape index (κ2) is 5.28. The lowest BCUT2D eigenvalue weighted by atomic mass is 9.95. The Morgan fingerprint density at radius 3 is 2.84 bits per heavy atom. The lowest BCUT2D eigenvalue weighted by Gasteiger charge is -2.10. The molecule has 3 aromatic rings. The first-order chi connectivity index (χ1) is 12.2. The Morgan fingerprint density at radius 1 is 1.16 bits per heavy atom. The number of carbonyl (C=O) groups excluding carboxylic acids is 1. The van der Waals surface area contributed by atoms with Crippen LogP contribution >= 0.6 is 0 Å². The Hall–Kier alpha value is -2.95. The normalized spacial score (nSPS) is 16.0. The highest BCUT2D eigenvalue weighted by Gasteiger charge is 2.29. The summed E-state index contributed by atoms with van der Waals surface area (Å²) in [5, 5.41) is 7.00. The van der Waals surface area contributed by atoms with Crippen molar-refractivity contribution >= 4 is 11.6 Å². The van der Waals surface area contributed by atoms with Crippen molar-refractivity contribution < 1.29 is 9.32 Å². The van der Waals surface area contributed by atoms with Crippen LogP contribution in [0.25, 0.3) is 22.6 Å². The highest BCUT2D eigenvalue weighted by atomic mass is 16.5. The van der Waals surface area contributed by atoms with Gasteiger partial charge in [-0.05, 0) is 60.2 Å². The van der Waals surface area contributed by atoms with Crippen molar-refractivity contribution in [3.63, 3.8) is 0 Å². The highest BCUT2D eigenvalue weighted by Crippen LogP contribution is 2.40. The molecule has 5 heteroatoms. The molecular weight excluding hydrogens is 314 g/mol. The molecule has 0 bridgehead atoms. The van der Waals surface area contributed by atoms with E-state index in [-0.39, 0.29) is 5.91 Å². The van der Waals surface area contributed by atoms with Gasteiger partial charge in [0.25, 0.3) is 5.89 Å². The number of carbonyl (C=O) groups is 1. The molecule has 2 aromatic carbocycles. The fourth-order valence-corrected chi connectivity index (χ4v) is 3.43. The van der Waals surface area contributed by atoms with Gasteiger partial charge in [-0.3, -0.25) is 4.79 Å². The van der Waals surface area contributed by atoms with E-state index < -0.39 is 0 Å². The molecule has 5 nitrogen and oxygen atoms in total. The summed E-state index contributed by atoms with van der Waals surface area (Å²) >= 11 is 0. The molecule has 0 unspecified atom stereocenters. The molecule has 0 atom stereocenters. The van der Waals surface area contributed by atoms with E-state index in [1.165, 1.54) is 0 Å². The lowest BCUT2D eigenvalue weighted by Crippen LogP contribution is -2.03. The van der Waals surface area contributed by atoms with Gasteiger partial charge in [0.05, 0.1) is 6.42 Å². The first-order valence-corrected chi connectivity index (χ1v) is 8.56. The zero-order valence-corrected chi connectivity index (χ0v) is 13.9. The molecular formula is C20H17N3O2. The van der Waals surface area contributed by atoms with Crippen molar-refractivity contribution in [2.75, 3.05) is 5.32 Å². The summed E-state index contributed by atoms with van der Waals surface area (Å²) in [6.45, 7) is 2.07. The maximum absolute atomic E-state index is 11.6. The molecule has 25 heavy (non-hydrogen) atoms. The Balaban J connectivity index is 1.56. The molecule has 1 saturated carbocycles. The van der Waals surface area contributed by atoms with E-state index in [9.17, 15) is 4.79 Å². The molecule has 2 aliphatic rings. The monoisotopic (exact) mass is 331 g/mol. The van der Waals surface area contributed by atoms with Crippen LogP contribution in [0.3, 0.4) is 0 Å². The number of fused-ring (bicyclic) bond motifs is 1. The third-order valence-electron chi connectivity index (χ3n) is 4.99. The van der Waals surface area contributed by atoms with Gasteiger partial charge in [-0.25, -0.2) is 0 Å². The summed E-state index contributed by atoms with van der Waals surface area (Å²) in [4.78, 5) is 16.2. The van der Waals surface area contributed by atoms with Crippen LogP contribution < -0.4 is 5.32 Å². The zero-order chi connectivity index (χ0) is 17.0. The van der Waals surface area contributed by atoms with E-state index in [1.54, 1.807) is 0 Å². The van der Waals surface area contributed by atoms with Crippen LogP contribution in [0.15, 0.2) is 40.9 Å². The average molecular weight is 331 g/mol. The van der Waals surface area contributed by atoms with Crippen molar-refractivity contribution in [2.24, 2.45) is 0 Å². The Labute approximate surface area is 145 Å². The average Bonchev–Trinajstić information content (AvgIpc) is 3.22. The molecule has 0 spiro atoms. The molecule has 1 aliphatic heterocycles. The molecule has 1 amide bonds. The molecule has 1 aliphatic carbocycles. The molecule has 1 fully saturated rings. The number of hydrogen-bond acceptors (Lipinski definition) is 4. The van der Waals surface area contributed by atoms with Gasteiger partial charge in [0, 0.05) is 17.2 Å². The number of nitrogens with zero attached hydrogens (tertiary/aromatic N) is 2. The van der Waals surface area contributed by atoms with E-state index in [2.05, 4.69) is 34.5 Å². The van der Waals surface area contributed by atoms with Gasteiger partial charge in [0.1, 0.15) is 0 Å². The van der Waals surface area contributed by atoms with E-state index >= 15 is 0 Å². The summed E-state index contributed by atoms with van der Waals surface area (Å²) in [7, 11) is 0. The van der Waals surface area contributed by atoms with Gasteiger partial charge in [0.15, 0.2) is 5.82 Å². The largest absolute Gasteiger partial charge is 0.334 e. The summed E-state index contributed by atoms with van der Waals surface area (Å²) in [6.07, 6.45) is 2.75. The Kier molecular flexibility index (Phi) is 3.04. The van der Waals surface area contributed by atoms with Gasteiger partial charge in [0.2, 0.25) is 5.91 Å². The highest BCUT2D eigenvalue weighted by molar-refractivity contribution is 5.99. The summed E-state index contributed by atoms with van der Waals surface area (Å²) in [5.41, 5.74) is 6.23. The first kappa shape index (κ1) is 14.4. The van der Waals surface area contributed by atoms with Crippen LogP contribution in [0.4, 0.5) is 5.69 Å². The van der Waals surface area contributed by atoms with Crippen molar-refractivity contribution in [1.82, 2.24) is 10.1 Å². The fourth-order valence-electron chi connectivity index (χ4n) is 3.43. The molecule has 0 saturated heterocycles. The van der Waals surface area contributed by atoms with Gasteiger partial charge in [-0.1, -0.05) is 23.4 Å². The van der Waals surface area contributed by atoms with E-state index in [1.807, 2.05) is 24.3 Å². The van der Waals surface area contributed by atoms with E-state index in [0.29, 0.717) is 18.2 Å². The number of rotatable bonds is 3. The number of hydrogen-bond donors (Lipinski definition) is 1. The topological polar surface area (TPSA) is 68.0 Å². The van der Waals surface area contributed by atoms with Crippen LogP contribution in [-0.2, 0) is 11.2 Å². The van der Waals surface area contributed by atoms with Crippen molar-refractivity contribution in [1.29, 1.82) is 0 Å². The minimum Gasteiger partial charge on any atom is -0.334 e. The number of nitrogens with one attached hydrogen (secondary N) is 1. The SMILES string of the molecule is Cc1c(-c2ccc3c(c2)CC(=O)N3)cccc1-c1nc(C2CC2)no1. The van der Waals surface area contributed by atoms with Crippen LogP contribution in [0.2, 0.25) is 0 Å². The molecule has 1 N–H and O–H groups in total. The van der Waals surface area contributed by atoms with Gasteiger partial charge >= 0.3 is 0 Å². The summed E-state index contributed by atoms with van der Waals surface area (Å²) in [6, 6.07) is 12.2. The van der Waals surface area contributed by atoms with Crippen LogP contribution in [0.1, 0.15) is 35.7 Å². The number of benzene rings is 2. The third kappa shape index (κ3) is 2.43. The molecule has 2 heterocycles.